The number of nitriles is 1. The van der Waals surface area contributed by atoms with Gasteiger partial charge in [-0.3, -0.25) is 4.79 Å². The first-order chi connectivity index (χ1) is 13.6. The van der Waals surface area contributed by atoms with Crippen LogP contribution in [-0.4, -0.2) is 19.0 Å². The van der Waals surface area contributed by atoms with Crippen molar-refractivity contribution in [2.45, 2.75) is 19.5 Å². The quantitative estimate of drug-likeness (QED) is 0.701. The van der Waals surface area contributed by atoms with Gasteiger partial charge in [-0.25, -0.2) is 4.39 Å². The van der Waals surface area contributed by atoms with Crippen LogP contribution in [0, 0.1) is 23.1 Å². The Morgan fingerprint density at radius 1 is 1.34 bits per heavy atom. The van der Waals surface area contributed by atoms with E-state index in [0.717, 1.165) is 17.7 Å². The van der Waals surface area contributed by atoms with E-state index < -0.39 is 34.9 Å². The lowest BCUT2D eigenvalue weighted by molar-refractivity contribution is -0.137. The second kappa shape index (κ2) is 7.91. The maximum Gasteiger partial charge on any atom is 0.417 e. The van der Waals surface area contributed by atoms with Gasteiger partial charge in [0.2, 0.25) is 5.91 Å². The molecule has 0 unspecified atom stereocenters. The highest BCUT2D eigenvalue weighted by atomic mass is 35.5. The van der Waals surface area contributed by atoms with Crippen molar-refractivity contribution >= 4 is 28.9 Å². The van der Waals surface area contributed by atoms with E-state index in [9.17, 15) is 22.4 Å². The third-order valence-corrected chi connectivity index (χ3v) is 5.06. The van der Waals surface area contributed by atoms with Crippen molar-refractivity contribution in [2.75, 3.05) is 23.3 Å². The molecule has 0 bridgehead atoms. The Kier molecular flexibility index (Phi) is 5.71. The summed E-state index contributed by atoms with van der Waals surface area (Å²) in [6.45, 7) is 2.48. The number of alkyl halides is 3. The topological polar surface area (TPSA) is 56.1 Å². The van der Waals surface area contributed by atoms with Gasteiger partial charge in [-0.15, -0.1) is 0 Å². The summed E-state index contributed by atoms with van der Waals surface area (Å²) in [5.41, 5.74) is -0.132. The van der Waals surface area contributed by atoms with Crippen LogP contribution in [0.15, 0.2) is 30.3 Å². The number of fused-ring (bicyclic) bond motifs is 1. The molecule has 1 atom stereocenters. The number of amides is 1. The van der Waals surface area contributed by atoms with Crippen LogP contribution < -0.4 is 10.2 Å². The molecule has 0 aromatic heterocycles. The van der Waals surface area contributed by atoms with Crippen LogP contribution >= 0.6 is 11.6 Å². The summed E-state index contributed by atoms with van der Waals surface area (Å²) < 4.78 is 53.0. The average Bonchev–Trinajstić information content (AvgIpc) is 3.02. The molecule has 0 spiro atoms. The Labute approximate surface area is 169 Å². The van der Waals surface area contributed by atoms with Crippen LogP contribution in [0.25, 0.3) is 0 Å². The van der Waals surface area contributed by atoms with Crippen LogP contribution in [0.2, 0.25) is 5.02 Å². The van der Waals surface area contributed by atoms with E-state index in [2.05, 4.69) is 5.32 Å². The monoisotopic (exact) mass is 425 g/mol. The summed E-state index contributed by atoms with van der Waals surface area (Å²) in [5.74, 6) is -1.61. The second-order valence-electron chi connectivity index (χ2n) is 6.85. The Bertz CT molecular complexity index is 1000. The van der Waals surface area contributed by atoms with Crippen molar-refractivity contribution in [3.63, 3.8) is 0 Å². The molecule has 0 saturated heterocycles. The first-order valence-electron chi connectivity index (χ1n) is 8.75. The molecule has 1 N–H and O–H groups in total. The van der Waals surface area contributed by atoms with Crippen molar-refractivity contribution in [2.24, 2.45) is 5.92 Å². The molecule has 1 heterocycles. The van der Waals surface area contributed by atoms with Gasteiger partial charge < -0.3 is 10.2 Å². The molecule has 0 radical (unpaired) electrons. The highest BCUT2D eigenvalue weighted by Crippen LogP contribution is 2.34. The first kappa shape index (κ1) is 20.9. The summed E-state index contributed by atoms with van der Waals surface area (Å²) in [5, 5.41) is 11.3. The second-order valence-corrected chi connectivity index (χ2v) is 7.26. The van der Waals surface area contributed by atoms with E-state index in [1.54, 1.807) is 13.0 Å². The lowest BCUT2D eigenvalue weighted by atomic mass is 10.1. The van der Waals surface area contributed by atoms with Crippen LogP contribution in [0.4, 0.5) is 28.9 Å². The molecule has 29 heavy (non-hydrogen) atoms. The van der Waals surface area contributed by atoms with E-state index in [4.69, 9.17) is 16.9 Å². The molecule has 1 aliphatic heterocycles. The largest absolute Gasteiger partial charge is 0.417 e. The van der Waals surface area contributed by atoms with Gasteiger partial charge in [-0.2, -0.15) is 18.4 Å². The molecule has 4 nitrogen and oxygen atoms in total. The van der Waals surface area contributed by atoms with Crippen molar-refractivity contribution in [1.82, 2.24) is 0 Å². The Morgan fingerprint density at radius 2 is 2.07 bits per heavy atom. The predicted octanol–water partition coefficient (Wildman–Crippen LogP) is 5.01. The van der Waals surface area contributed by atoms with E-state index in [1.807, 2.05) is 4.90 Å². The van der Waals surface area contributed by atoms with E-state index in [1.165, 1.54) is 18.2 Å². The zero-order chi connectivity index (χ0) is 21.3. The standard InChI is InChI=1S/C20H16ClF4N3O/c1-11(10-28-5-4-12-6-16(21)17(22)8-18(12)28)19(29)27-14-3-2-13(9-26)15(7-14)20(23,24)25/h2-3,6-8,11H,4-5,10H2,1H3,(H,27,29)/t11-/m1/s1. The lowest BCUT2D eigenvalue weighted by Crippen LogP contribution is -2.33. The highest BCUT2D eigenvalue weighted by molar-refractivity contribution is 6.30. The number of hydrogen-bond acceptors (Lipinski definition) is 3. The van der Waals surface area contributed by atoms with Gasteiger partial charge in [0.15, 0.2) is 0 Å². The zero-order valence-corrected chi connectivity index (χ0v) is 16.0. The number of halogens is 5. The fourth-order valence-corrected chi connectivity index (χ4v) is 3.46. The normalized spacial score (nSPS) is 14.3. The van der Waals surface area contributed by atoms with Gasteiger partial charge in [0, 0.05) is 24.5 Å². The van der Waals surface area contributed by atoms with Crippen molar-refractivity contribution in [3.05, 3.63) is 57.9 Å². The van der Waals surface area contributed by atoms with Gasteiger partial charge in [-0.05, 0) is 42.3 Å². The number of rotatable bonds is 4. The number of benzene rings is 2. The van der Waals surface area contributed by atoms with Crippen LogP contribution in [-0.2, 0) is 17.4 Å². The number of hydrogen-bond donors (Lipinski definition) is 1. The minimum atomic E-state index is -4.71. The Balaban J connectivity index is 1.72. The third-order valence-electron chi connectivity index (χ3n) is 4.77. The molecule has 0 fully saturated rings. The summed E-state index contributed by atoms with van der Waals surface area (Å²) in [4.78, 5) is 14.3. The third kappa shape index (κ3) is 4.46. The SMILES string of the molecule is C[C@H](CN1CCc2cc(Cl)c(F)cc21)C(=O)Nc1ccc(C#N)c(C(F)(F)F)c1. The minimum absolute atomic E-state index is 0.0395. The fraction of sp³-hybridized carbons (Fsp3) is 0.300. The number of nitrogens with zero attached hydrogens (tertiary/aromatic N) is 2. The van der Waals surface area contributed by atoms with Crippen molar-refractivity contribution < 1.29 is 22.4 Å². The summed E-state index contributed by atoms with van der Waals surface area (Å²) >= 11 is 5.80. The molecule has 1 amide bonds. The molecule has 2 aromatic rings. The lowest BCUT2D eigenvalue weighted by Gasteiger charge is -2.23. The zero-order valence-electron chi connectivity index (χ0n) is 15.3. The van der Waals surface area contributed by atoms with Crippen LogP contribution in [0.5, 0.6) is 0 Å². The van der Waals surface area contributed by atoms with Gasteiger partial charge in [0.25, 0.3) is 0 Å². The van der Waals surface area contributed by atoms with E-state index >= 15 is 0 Å². The number of anilines is 2. The number of nitrogens with one attached hydrogen (secondary N) is 1. The smallest absolute Gasteiger partial charge is 0.370 e. The van der Waals surface area contributed by atoms with Gasteiger partial charge in [0.1, 0.15) is 5.82 Å². The maximum absolute atomic E-state index is 13.8. The molecule has 152 valence electrons. The van der Waals surface area contributed by atoms with E-state index in [0.29, 0.717) is 18.7 Å². The van der Waals surface area contributed by atoms with Gasteiger partial charge in [0.05, 0.1) is 28.1 Å². The molecular formula is C20H16ClF4N3O. The maximum atomic E-state index is 13.8. The number of carbonyl (C=O) groups is 1. The molecule has 3 rings (SSSR count). The molecule has 2 aromatic carbocycles. The predicted molar refractivity (Wildman–Crippen MR) is 101 cm³/mol. The molecule has 9 heteroatoms. The average molecular weight is 426 g/mol. The van der Waals surface area contributed by atoms with Gasteiger partial charge >= 0.3 is 6.18 Å². The Hall–Kier alpha value is -2.79. The van der Waals surface area contributed by atoms with Crippen molar-refractivity contribution in [1.29, 1.82) is 5.26 Å². The van der Waals surface area contributed by atoms with Crippen LogP contribution in [0.3, 0.4) is 0 Å². The molecule has 1 aliphatic rings. The first-order valence-corrected chi connectivity index (χ1v) is 9.13. The molecular weight excluding hydrogens is 410 g/mol. The number of carbonyl (C=O) groups excluding carboxylic acids is 1. The minimum Gasteiger partial charge on any atom is -0.370 e. The summed E-state index contributed by atoms with van der Waals surface area (Å²) in [6, 6.07) is 7.39. The Morgan fingerprint density at radius 3 is 2.72 bits per heavy atom. The summed E-state index contributed by atoms with van der Waals surface area (Å²) in [6.07, 6.45) is -4.05. The van der Waals surface area contributed by atoms with E-state index in [-0.39, 0.29) is 17.3 Å². The molecule has 0 aliphatic carbocycles. The van der Waals surface area contributed by atoms with Crippen LogP contribution in [0.1, 0.15) is 23.6 Å². The summed E-state index contributed by atoms with van der Waals surface area (Å²) in [7, 11) is 0. The van der Waals surface area contributed by atoms with Gasteiger partial charge in [-0.1, -0.05) is 18.5 Å². The fourth-order valence-electron chi connectivity index (χ4n) is 3.27. The molecule has 0 saturated carbocycles. The van der Waals surface area contributed by atoms with Crippen molar-refractivity contribution in [3.8, 4) is 6.07 Å². The highest BCUT2D eigenvalue weighted by Gasteiger charge is 2.34.